The van der Waals surface area contributed by atoms with Crippen LogP contribution < -0.4 is 0 Å². The van der Waals surface area contributed by atoms with Crippen LogP contribution in [0.2, 0.25) is 0 Å². The minimum absolute atomic E-state index is 0.0102. The molecule has 2 aliphatic heterocycles. The summed E-state index contributed by atoms with van der Waals surface area (Å²) in [4.78, 5) is 28.4. The summed E-state index contributed by atoms with van der Waals surface area (Å²) >= 11 is 0. The Morgan fingerprint density at radius 2 is 1.39 bits per heavy atom. The van der Waals surface area contributed by atoms with Crippen molar-refractivity contribution < 1.29 is 9.59 Å². The lowest BCUT2D eigenvalue weighted by atomic mass is 9.81. The fourth-order valence-corrected chi connectivity index (χ4v) is 3.67. The molecule has 0 N–H and O–H groups in total. The van der Waals surface area contributed by atoms with E-state index in [0.29, 0.717) is 6.67 Å². The summed E-state index contributed by atoms with van der Waals surface area (Å²) in [5.74, 6) is 0.234. The first kappa shape index (κ1) is 12.2. The Balaban J connectivity index is 1.68. The molecule has 2 amide bonds. The number of amides is 2. The summed E-state index contributed by atoms with van der Waals surface area (Å²) in [6, 6.07) is 0. The Hall–Kier alpha value is -0.900. The van der Waals surface area contributed by atoms with Crippen molar-refractivity contribution >= 4 is 11.8 Å². The van der Waals surface area contributed by atoms with Gasteiger partial charge in [0.15, 0.2) is 0 Å². The van der Waals surface area contributed by atoms with Crippen LogP contribution in [0.1, 0.15) is 44.9 Å². The lowest BCUT2D eigenvalue weighted by Gasteiger charge is -2.29. The van der Waals surface area contributed by atoms with Crippen LogP contribution >= 0.6 is 0 Å². The number of rotatable bonds is 2. The summed E-state index contributed by atoms with van der Waals surface area (Å²) in [5, 5.41) is 0. The highest BCUT2D eigenvalue weighted by molar-refractivity contribution is 6.05. The molecule has 2 heterocycles. The van der Waals surface area contributed by atoms with Crippen LogP contribution in [-0.2, 0) is 9.59 Å². The van der Waals surface area contributed by atoms with Gasteiger partial charge in [-0.05, 0) is 38.8 Å². The lowest BCUT2D eigenvalue weighted by molar-refractivity contribution is -0.142. The maximum Gasteiger partial charge on any atom is 0.234 e. The maximum atomic E-state index is 12.3. The molecule has 0 aromatic heterocycles. The molecule has 3 aliphatic rings. The van der Waals surface area contributed by atoms with Gasteiger partial charge in [-0.3, -0.25) is 19.4 Å². The number of carbonyl (C=O) groups excluding carboxylic acids is 2. The van der Waals surface area contributed by atoms with Crippen molar-refractivity contribution in [3.05, 3.63) is 0 Å². The van der Waals surface area contributed by atoms with Gasteiger partial charge in [0.25, 0.3) is 0 Å². The largest absolute Gasteiger partial charge is 0.286 e. The van der Waals surface area contributed by atoms with E-state index >= 15 is 0 Å². The highest BCUT2D eigenvalue weighted by Gasteiger charge is 2.48. The van der Waals surface area contributed by atoms with Crippen molar-refractivity contribution in [2.45, 2.75) is 44.9 Å². The standard InChI is InChI=1S/C14H22N2O2/c17-13-11-6-2-3-7-12(11)14(18)16(13)10-15-8-4-1-5-9-15/h11-12H,1-10H2/t11-,12+. The molecule has 0 spiro atoms. The van der Waals surface area contributed by atoms with Gasteiger partial charge < -0.3 is 0 Å². The van der Waals surface area contributed by atoms with E-state index in [1.165, 1.54) is 19.3 Å². The first-order valence-electron chi connectivity index (χ1n) is 7.35. The molecule has 0 aromatic carbocycles. The van der Waals surface area contributed by atoms with Gasteiger partial charge in [-0.25, -0.2) is 0 Å². The number of likely N-dealkylation sites (tertiary alicyclic amines) is 2. The summed E-state index contributed by atoms with van der Waals surface area (Å²) in [6.07, 6.45) is 7.74. The molecule has 100 valence electrons. The lowest BCUT2D eigenvalue weighted by Crippen LogP contribution is -2.43. The van der Waals surface area contributed by atoms with E-state index < -0.39 is 0 Å². The van der Waals surface area contributed by atoms with Crippen LogP contribution in [0.15, 0.2) is 0 Å². The molecular weight excluding hydrogens is 228 g/mol. The predicted octanol–water partition coefficient (Wildman–Crippen LogP) is 1.60. The minimum Gasteiger partial charge on any atom is -0.286 e. The third-order valence-electron chi connectivity index (χ3n) is 4.72. The average Bonchev–Trinajstić information content (AvgIpc) is 2.66. The van der Waals surface area contributed by atoms with Gasteiger partial charge in [0, 0.05) is 0 Å². The summed E-state index contributed by atoms with van der Waals surface area (Å²) in [7, 11) is 0. The summed E-state index contributed by atoms with van der Waals surface area (Å²) < 4.78 is 0. The number of hydrogen-bond donors (Lipinski definition) is 0. The van der Waals surface area contributed by atoms with E-state index in [-0.39, 0.29) is 23.7 Å². The Morgan fingerprint density at radius 3 is 1.94 bits per heavy atom. The summed E-state index contributed by atoms with van der Waals surface area (Å²) in [5.41, 5.74) is 0. The topological polar surface area (TPSA) is 40.6 Å². The van der Waals surface area contributed by atoms with Crippen molar-refractivity contribution in [1.29, 1.82) is 0 Å². The van der Waals surface area contributed by atoms with E-state index in [4.69, 9.17) is 0 Å². The first-order chi connectivity index (χ1) is 8.77. The SMILES string of the molecule is O=C1[C@H]2CCCC[C@H]2C(=O)N1CN1CCCCC1. The zero-order chi connectivity index (χ0) is 12.5. The van der Waals surface area contributed by atoms with Gasteiger partial charge in [0.1, 0.15) is 0 Å². The zero-order valence-electron chi connectivity index (χ0n) is 10.9. The van der Waals surface area contributed by atoms with E-state index in [2.05, 4.69) is 4.90 Å². The monoisotopic (exact) mass is 250 g/mol. The van der Waals surface area contributed by atoms with Gasteiger partial charge >= 0.3 is 0 Å². The molecule has 1 saturated carbocycles. The van der Waals surface area contributed by atoms with Crippen LogP contribution in [0.5, 0.6) is 0 Å². The molecule has 4 heteroatoms. The third-order valence-corrected chi connectivity index (χ3v) is 4.72. The second kappa shape index (κ2) is 5.00. The van der Waals surface area contributed by atoms with Gasteiger partial charge in [-0.1, -0.05) is 19.3 Å². The van der Waals surface area contributed by atoms with Gasteiger partial charge in [-0.2, -0.15) is 0 Å². The molecule has 0 unspecified atom stereocenters. The molecule has 0 bridgehead atoms. The molecule has 0 aromatic rings. The van der Waals surface area contributed by atoms with Crippen LogP contribution in [0.3, 0.4) is 0 Å². The Labute approximate surface area is 108 Å². The first-order valence-corrected chi connectivity index (χ1v) is 7.35. The van der Waals surface area contributed by atoms with E-state index in [9.17, 15) is 9.59 Å². The zero-order valence-corrected chi connectivity index (χ0v) is 10.9. The molecule has 2 saturated heterocycles. The number of nitrogens with zero attached hydrogens (tertiary/aromatic N) is 2. The normalized spacial score (nSPS) is 33.9. The average molecular weight is 250 g/mol. The van der Waals surface area contributed by atoms with Gasteiger partial charge in [-0.15, -0.1) is 0 Å². The molecule has 2 atom stereocenters. The second-order valence-electron chi connectivity index (χ2n) is 5.92. The van der Waals surface area contributed by atoms with Crippen LogP contribution in [-0.4, -0.2) is 41.4 Å². The van der Waals surface area contributed by atoms with Gasteiger partial charge in [0.05, 0.1) is 18.5 Å². The van der Waals surface area contributed by atoms with Gasteiger partial charge in [0.2, 0.25) is 11.8 Å². The number of imide groups is 1. The summed E-state index contributed by atoms with van der Waals surface area (Å²) in [6.45, 7) is 2.61. The number of fused-ring (bicyclic) bond motifs is 1. The quantitative estimate of drug-likeness (QED) is 0.699. The van der Waals surface area contributed by atoms with Crippen molar-refractivity contribution in [3.8, 4) is 0 Å². The Morgan fingerprint density at radius 1 is 0.833 bits per heavy atom. The van der Waals surface area contributed by atoms with E-state index in [0.717, 1.165) is 38.8 Å². The van der Waals surface area contributed by atoms with Crippen molar-refractivity contribution in [1.82, 2.24) is 9.80 Å². The fourth-order valence-electron chi connectivity index (χ4n) is 3.67. The van der Waals surface area contributed by atoms with Crippen molar-refractivity contribution in [2.75, 3.05) is 19.8 Å². The van der Waals surface area contributed by atoms with Crippen LogP contribution in [0, 0.1) is 11.8 Å². The van der Waals surface area contributed by atoms with Crippen molar-refractivity contribution in [2.24, 2.45) is 11.8 Å². The second-order valence-corrected chi connectivity index (χ2v) is 5.92. The molecule has 4 nitrogen and oxygen atoms in total. The Bertz CT molecular complexity index is 326. The highest BCUT2D eigenvalue weighted by Crippen LogP contribution is 2.38. The number of piperidine rings is 1. The molecule has 18 heavy (non-hydrogen) atoms. The van der Waals surface area contributed by atoms with E-state index in [1.54, 1.807) is 4.90 Å². The number of carbonyl (C=O) groups is 2. The maximum absolute atomic E-state index is 12.3. The number of hydrogen-bond acceptors (Lipinski definition) is 3. The van der Waals surface area contributed by atoms with Crippen molar-refractivity contribution in [3.63, 3.8) is 0 Å². The van der Waals surface area contributed by atoms with E-state index in [1.807, 2.05) is 0 Å². The molecule has 3 fully saturated rings. The van der Waals surface area contributed by atoms with Crippen LogP contribution in [0.4, 0.5) is 0 Å². The fraction of sp³-hybridized carbons (Fsp3) is 0.857. The minimum atomic E-state index is 0.0102. The molecule has 1 aliphatic carbocycles. The van der Waals surface area contributed by atoms with Crippen LogP contribution in [0.25, 0.3) is 0 Å². The smallest absolute Gasteiger partial charge is 0.234 e. The Kier molecular flexibility index (Phi) is 3.37. The molecule has 0 radical (unpaired) electrons. The predicted molar refractivity (Wildman–Crippen MR) is 67.6 cm³/mol. The molecule has 3 rings (SSSR count). The molecular formula is C14H22N2O2. The highest BCUT2D eigenvalue weighted by atomic mass is 16.2. The third kappa shape index (κ3) is 2.07.